The molecule has 8 aromatic carbocycles. The van der Waals surface area contributed by atoms with Crippen molar-refractivity contribution in [3.63, 3.8) is 0 Å². The van der Waals surface area contributed by atoms with Crippen molar-refractivity contribution in [2.24, 2.45) is 0 Å². The van der Waals surface area contributed by atoms with E-state index >= 15 is 0 Å². The summed E-state index contributed by atoms with van der Waals surface area (Å²) in [5, 5.41) is 0. The van der Waals surface area contributed by atoms with Gasteiger partial charge in [-0.3, -0.25) is 0 Å². The zero-order valence-electron chi connectivity index (χ0n) is 32.6. The molecule has 2 heterocycles. The van der Waals surface area contributed by atoms with Crippen LogP contribution in [0.5, 0.6) is 0 Å². The van der Waals surface area contributed by atoms with Gasteiger partial charge in [0.25, 0.3) is 0 Å². The minimum atomic E-state index is 0.596. The lowest BCUT2D eigenvalue weighted by atomic mass is 9.96. The molecule has 10 rings (SSSR count). The standard InChI is InChI=1S/C55H37N5/c1-6-18-38(19-7-1)47-34-48(39-20-8-2-9-21-39)36-49(35-47)55-59-53(42-26-14-5-15-27-42)58-54(60-55)46-31-17-29-44(33-46)43-28-16-30-45(32-43)51-37-50(40-22-10-3-11-23-40)56-52(57-51)41-24-12-4-13-25-41/h1-37H. The van der Waals surface area contributed by atoms with Gasteiger partial charge < -0.3 is 0 Å². The van der Waals surface area contributed by atoms with E-state index in [1.807, 2.05) is 91.0 Å². The summed E-state index contributed by atoms with van der Waals surface area (Å²) in [6.45, 7) is 0. The first-order valence-electron chi connectivity index (χ1n) is 20.0. The monoisotopic (exact) mass is 767 g/mol. The largest absolute Gasteiger partial charge is 0.228 e. The summed E-state index contributed by atoms with van der Waals surface area (Å²) in [6, 6.07) is 77.0. The highest BCUT2D eigenvalue weighted by molar-refractivity contribution is 5.81. The Hall–Kier alpha value is -8.15. The number of nitrogens with zero attached hydrogens (tertiary/aromatic N) is 5. The lowest BCUT2D eigenvalue weighted by molar-refractivity contribution is 1.07. The minimum Gasteiger partial charge on any atom is -0.228 e. The quantitative estimate of drug-likeness (QED) is 0.146. The maximum absolute atomic E-state index is 5.21. The van der Waals surface area contributed by atoms with Crippen molar-refractivity contribution in [2.75, 3.05) is 0 Å². The first-order chi connectivity index (χ1) is 29.7. The molecule has 0 spiro atoms. The fourth-order valence-corrected chi connectivity index (χ4v) is 7.47. The van der Waals surface area contributed by atoms with Gasteiger partial charge >= 0.3 is 0 Å². The van der Waals surface area contributed by atoms with Crippen LogP contribution in [0, 0.1) is 0 Å². The van der Waals surface area contributed by atoms with Crippen molar-refractivity contribution < 1.29 is 0 Å². The van der Waals surface area contributed by atoms with E-state index in [-0.39, 0.29) is 0 Å². The second-order valence-electron chi connectivity index (χ2n) is 14.6. The SMILES string of the molecule is c1ccc(-c2cc(-c3ccccc3)cc(-c3nc(-c4ccccc4)nc(-c4cccc(-c5cccc(-c6cc(-c7ccccc7)nc(-c7ccccc7)n6)c5)c4)n3)c2)cc1. The first-order valence-corrected chi connectivity index (χ1v) is 20.0. The second-order valence-corrected chi connectivity index (χ2v) is 14.6. The number of aromatic nitrogens is 5. The predicted molar refractivity (Wildman–Crippen MR) is 244 cm³/mol. The molecule has 2 aromatic heterocycles. The molecule has 0 bridgehead atoms. The molecular weight excluding hydrogens is 731 g/mol. The lowest BCUT2D eigenvalue weighted by Gasteiger charge is -2.13. The molecule has 0 fully saturated rings. The van der Waals surface area contributed by atoms with Crippen LogP contribution in [0.4, 0.5) is 0 Å². The summed E-state index contributed by atoms with van der Waals surface area (Å²) in [6.07, 6.45) is 0. The van der Waals surface area contributed by atoms with Gasteiger partial charge in [-0.05, 0) is 69.8 Å². The topological polar surface area (TPSA) is 64.5 Å². The Morgan fingerprint density at radius 1 is 0.167 bits per heavy atom. The molecule has 0 N–H and O–H groups in total. The molecular formula is C55H37N5. The van der Waals surface area contributed by atoms with Crippen LogP contribution in [-0.2, 0) is 0 Å². The van der Waals surface area contributed by atoms with E-state index in [0.717, 1.165) is 78.1 Å². The van der Waals surface area contributed by atoms with E-state index in [1.54, 1.807) is 0 Å². The van der Waals surface area contributed by atoms with Crippen LogP contribution in [-0.4, -0.2) is 24.9 Å². The molecule has 60 heavy (non-hydrogen) atoms. The van der Waals surface area contributed by atoms with Crippen molar-refractivity contribution in [3.8, 4) is 101 Å². The summed E-state index contributed by atoms with van der Waals surface area (Å²) in [5.41, 5.74) is 14.0. The molecule has 282 valence electrons. The molecule has 0 unspecified atom stereocenters. The van der Waals surface area contributed by atoms with E-state index in [4.69, 9.17) is 24.9 Å². The van der Waals surface area contributed by atoms with Crippen molar-refractivity contribution in [1.29, 1.82) is 0 Å². The third kappa shape index (κ3) is 7.76. The third-order valence-corrected chi connectivity index (χ3v) is 10.5. The van der Waals surface area contributed by atoms with Crippen LogP contribution in [0.25, 0.3) is 101 Å². The second kappa shape index (κ2) is 16.4. The van der Waals surface area contributed by atoms with E-state index in [9.17, 15) is 0 Å². The van der Waals surface area contributed by atoms with E-state index < -0.39 is 0 Å². The van der Waals surface area contributed by atoms with Gasteiger partial charge in [-0.1, -0.05) is 188 Å². The van der Waals surface area contributed by atoms with Crippen LogP contribution in [0.3, 0.4) is 0 Å². The Balaban J connectivity index is 1.08. The molecule has 0 radical (unpaired) electrons. The van der Waals surface area contributed by atoms with Crippen molar-refractivity contribution >= 4 is 0 Å². The average Bonchev–Trinajstić information content (AvgIpc) is 3.35. The average molecular weight is 768 g/mol. The van der Waals surface area contributed by atoms with Gasteiger partial charge in [0.2, 0.25) is 0 Å². The van der Waals surface area contributed by atoms with Gasteiger partial charge in [0.1, 0.15) is 0 Å². The number of hydrogen-bond donors (Lipinski definition) is 0. The summed E-state index contributed by atoms with van der Waals surface area (Å²) >= 11 is 0. The van der Waals surface area contributed by atoms with E-state index in [1.165, 1.54) is 0 Å². The molecule has 5 nitrogen and oxygen atoms in total. The van der Waals surface area contributed by atoms with Crippen LogP contribution in [0.15, 0.2) is 224 Å². The van der Waals surface area contributed by atoms with Crippen molar-refractivity contribution in [1.82, 2.24) is 24.9 Å². The summed E-state index contributed by atoms with van der Waals surface area (Å²) in [4.78, 5) is 25.5. The van der Waals surface area contributed by atoms with Crippen molar-refractivity contribution in [3.05, 3.63) is 224 Å². The Morgan fingerprint density at radius 2 is 0.467 bits per heavy atom. The zero-order valence-corrected chi connectivity index (χ0v) is 32.6. The Labute approximate surface area is 349 Å². The molecule has 0 aliphatic heterocycles. The maximum atomic E-state index is 5.21. The van der Waals surface area contributed by atoms with Gasteiger partial charge in [-0.2, -0.15) is 0 Å². The molecule has 0 saturated heterocycles. The molecule has 0 saturated carbocycles. The highest BCUT2D eigenvalue weighted by Gasteiger charge is 2.16. The molecule has 0 atom stereocenters. The molecule has 0 amide bonds. The zero-order chi connectivity index (χ0) is 40.1. The Kier molecular flexibility index (Phi) is 9.88. The van der Waals surface area contributed by atoms with Crippen molar-refractivity contribution in [2.45, 2.75) is 0 Å². The summed E-state index contributed by atoms with van der Waals surface area (Å²) in [7, 11) is 0. The van der Waals surface area contributed by atoms with Crippen LogP contribution < -0.4 is 0 Å². The third-order valence-electron chi connectivity index (χ3n) is 10.5. The molecule has 0 aliphatic carbocycles. The van der Waals surface area contributed by atoms with Gasteiger partial charge in [0.15, 0.2) is 23.3 Å². The number of hydrogen-bond acceptors (Lipinski definition) is 5. The van der Waals surface area contributed by atoms with Crippen LogP contribution in [0.1, 0.15) is 0 Å². The normalized spacial score (nSPS) is 11.0. The van der Waals surface area contributed by atoms with E-state index in [2.05, 4.69) is 133 Å². The highest BCUT2D eigenvalue weighted by Crippen LogP contribution is 2.35. The Bertz CT molecular complexity index is 2950. The molecule has 5 heteroatoms. The minimum absolute atomic E-state index is 0.596. The maximum Gasteiger partial charge on any atom is 0.164 e. The number of benzene rings is 8. The number of rotatable bonds is 9. The van der Waals surface area contributed by atoms with Gasteiger partial charge in [0, 0.05) is 33.4 Å². The molecule has 0 aliphatic rings. The fourth-order valence-electron chi connectivity index (χ4n) is 7.47. The first kappa shape index (κ1) is 36.2. The fraction of sp³-hybridized carbons (Fsp3) is 0. The highest BCUT2D eigenvalue weighted by atomic mass is 15.0. The molecule has 10 aromatic rings. The van der Waals surface area contributed by atoms with Crippen LogP contribution >= 0.6 is 0 Å². The van der Waals surface area contributed by atoms with Gasteiger partial charge in [-0.25, -0.2) is 24.9 Å². The van der Waals surface area contributed by atoms with E-state index in [0.29, 0.717) is 23.3 Å². The van der Waals surface area contributed by atoms with Crippen LogP contribution in [0.2, 0.25) is 0 Å². The summed E-state index contributed by atoms with van der Waals surface area (Å²) < 4.78 is 0. The Morgan fingerprint density at radius 3 is 0.967 bits per heavy atom. The summed E-state index contributed by atoms with van der Waals surface area (Å²) in [5.74, 6) is 2.50. The lowest BCUT2D eigenvalue weighted by Crippen LogP contribution is -2.00. The van der Waals surface area contributed by atoms with Gasteiger partial charge in [0.05, 0.1) is 11.4 Å². The predicted octanol–water partition coefficient (Wildman–Crippen LogP) is 13.7. The van der Waals surface area contributed by atoms with Gasteiger partial charge in [-0.15, -0.1) is 0 Å². The smallest absolute Gasteiger partial charge is 0.164 e.